The van der Waals surface area contributed by atoms with E-state index < -0.39 is 6.04 Å². The summed E-state index contributed by atoms with van der Waals surface area (Å²) in [6, 6.07) is 22.3. The highest BCUT2D eigenvalue weighted by Gasteiger charge is 2.43. The summed E-state index contributed by atoms with van der Waals surface area (Å²) in [5.74, 6) is -0.198. The maximum absolute atomic E-state index is 13.6. The molecule has 0 saturated heterocycles. The van der Waals surface area contributed by atoms with E-state index in [4.69, 9.17) is 4.42 Å². The summed E-state index contributed by atoms with van der Waals surface area (Å²) >= 11 is 3.44. The monoisotopic (exact) mass is 487 g/mol. The Balaban J connectivity index is 1.77. The first kappa shape index (κ1) is 20.7. The van der Waals surface area contributed by atoms with Crippen molar-refractivity contribution in [1.29, 1.82) is 0 Å². The molecule has 1 atom stereocenters. The summed E-state index contributed by atoms with van der Waals surface area (Å²) in [5, 5.41) is 0.456. The lowest BCUT2D eigenvalue weighted by atomic mass is 9.86. The number of carbonyl (C=O) groups excluding carboxylic acids is 1. The Bertz CT molecular complexity index is 1400. The van der Waals surface area contributed by atoms with Crippen LogP contribution in [0.3, 0.4) is 0 Å². The minimum absolute atomic E-state index is 0.00254. The van der Waals surface area contributed by atoms with E-state index in [-0.39, 0.29) is 22.5 Å². The van der Waals surface area contributed by atoms with Crippen molar-refractivity contribution in [2.24, 2.45) is 0 Å². The molecule has 1 unspecified atom stereocenters. The second-order valence-corrected chi connectivity index (χ2v) is 10.0. The third kappa shape index (κ3) is 3.28. The summed E-state index contributed by atoms with van der Waals surface area (Å²) in [5.41, 5.74) is 3.39. The number of nitrogens with zero attached hydrogens (tertiary/aromatic N) is 1. The largest absolute Gasteiger partial charge is 0.450 e. The van der Waals surface area contributed by atoms with Crippen molar-refractivity contribution in [2.45, 2.75) is 32.2 Å². The van der Waals surface area contributed by atoms with Crippen LogP contribution in [0.2, 0.25) is 0 Å². The van der Waals surface area contributed by atoms with Crippen molar-refractivity contribution in [3.05, 3.63) is 110 Å². The Hall–Kier alpha value is -3.18. The molecule has 5 rings (SSSR count). The van der Waals surface area contributed by atoms with Gasteiger partial charge in [0.2, 0.25) is 5.76 Å². The summed E-state index contributed by atoms with van der Waals surface area (Å²) in [6.07, 6.45) is 0. The fourth-order valence-electron chi connectivity index (χ4n) is 4.28. The molecule has 0 aliphatic carbocycles. The summed E-state index contributed by atoms with van der Waals surface area (Å²) < 4.78 is 6.81. The van der Waals surface area contributed by atoms with Gasteiger partial charge in [0.05, 0.1) is 17.0 Å². The maximum atomic E-state index is 13.6. The van der Waals surface area contributed by atoms with Gasteiger partial charge in [-0.3, -0.25) is 14.5 Å². The van der Waals surface area contributed by atoms with Crippen molar-refractivity contribution in [3.8, 4) is 0 Å². The average Bonchev–Trinajstić information content (AvgIpc) is 3.07. The van der Waals surface area contributed by atoms with Crippen LogP contribution in [0.5, 0.6) is 0 Å². The molecular formula is C27H22BrNO3. The van der Waals surface area contributed by atoms with E-state index >= 15 is 0 Å². The lowest BCUT2D eigenvalue weighted by Crippen LogP contribution is -2.29. The quantitative estimate of drug-likeness (QED) is 0.319. The number of para-hydroxylation sites is 1. The first-order chi connectivity index (χ1) is 15.3. The van der Waals surface area contributed by atoms with E-state index in [2.05, 4.69) is 48.8 Å². The maximum Gasteiger partial charge on any atom is 0.295 e. The summed E-state index contributed by atoms with van der Waals surface area (Å²) in [4.78, 5) is 28.9. The Morgan fingerprint density at radius 3 is 2.25 bits per heavy atom. The number of hydrogen-bond acceptors (Lipinski definition) is 3. The minimum Gasteiger partial charge on any atom is -0.450 e. The van der Waals surface area contributed by atoms with Crippen LogP contribution in [0.15, 0.2) is 86.5 Å². The van der Waals surface area contributed by atoms with E-state index in [1.165, 1.54) is 5.56 Å². The van der Waals surface area contributed by atoms with Crippen LogP contribution in [-0.4, -0.2) is 5.91 Å². The Morgan fingerprint density at radius 1 is 0.906 bits per heavy atom. The van der Waals surface area contributed by atoms with Crippen molar-refractivity contribution >= 4 is 38.5 Å². The molecule has 0 radical (unpaired) electrons. The van der Waals surface area contributed by atoms with Gasteiger partial charge in [-0.2, -0.15) is 0 Å². The molecule has 4 aromatic rings. The van der Waals surface area contributed by atoms with E-state index in [1.807, 2.05) is 42.5 Å². The number of halogens is 1. The number of benzene rings is 3. The van der Waals surface area contributed by atoms with Gasteiger partial charge in [0.1, 0.15) is 5.58 Å². The van der Waals surface area contributed by atoms with Gasteiger partial charge in [0.15, 0.2) is 5.43 Å². The molecule has 32 heavy (non-hydrogen) atoms. The van der Waals surface area contributed by atoms with Crippen LogP contribution in [0.4, 0.5) is 5.69 Å². The van der Waals surface area contributed by atoms with Crippen molar-refractivity contribution in [1.82, 2.24) is 0 Å². The number of hydrogen-bond donors (Lipinski definition) is 0. The smallest absolute Gasteiger partial charge is 0.295 e. The van der Waals surface area contributed by atoms with Crippen LogP contribution < -0.4 is 10.3 Å². The molecule has 160 valence electrons. The topological polar surface area (TPSA) is 50.5 Å². The second kappa shape index (κ2) is 7.45. The van der Waals surface area contributed by atoms with Gasteiger partial charge in [0.25, 0.3) is 5.91 Å². The molecule has 0 saturated carbocycles. The van der Waals surface area contributed by atoms with Crippen LogP contribution in [-0.2, 0) is 5.41 Å². The lowest BCUT2D eigenvalue weighted by molar-refractivity contribution is 0.0971. The van der Waals surface area contributed by atoms with Crippen molar-refractivity contribution < 1.29 is 9.21 Å². The van der Waals surface area contributed by atoms with E-state index in [9.17, 15) is 9.59 Å². The number of carbonyl (C=O) groups is 1. The number of rotatable bonds is 2. The molecule has 4 nitrogen and oxygen atoms in total. The minimum atomic E-state index is -0.562. The summed E-state index contributed by atoms with van der Waals surface area (Å²) in [7, 11) is 0. The molecular weight excluding hydrogens is 466 g/mol. The van der Waals surface area contributed by atoms with Gasteiger partial charge in [-0.1, -0.05) is 79.2 Å². The first-order valence-electron chi connectivity index (χ1n) is 10.5. The average molecular weight is 488 g/mol. The molecule has 1 amide bonds. The Morgan fingerprint density at radius 2 is 1.59 bits per heavy atom. The fraction of sp³-hybridized carbons (Fsp3) is 0.185. The third-order valence-electron chi connectivity index (χ3n) is 5.96. The van der Waals surface area contributed by atoms with E-state index in [0.29, 0.717) is 16.5 Å². The second-order valence-electron chi connectivity index (χ2n) is 9.10. The normalized spacial score (nSPS) is 15.9. The molecule has 1 aliphatic rings. The molecule has 0 fully saturated rings. The SMILES string of the molecule is CC(C)(C)c1ccc(C2c3c(oc4ccc(Br)cc4c3=O)C(=O)N2c2ccccc2)cc1. The number of amides is 1. The molecule has 2 heterocycles. The lowest BCUT2D eigenvalue weighted by Gasteiger charge is -2.26. The Labute approximate surface area is 194 Å². The molecule has 5 heteroatoms. The van der Waals surface area contributed by atoms with Crippen molar-refractivity contribution in [2.75, 3.05) is 4.90 Å². The molecule has 1 aliphatic heterocycles. The highest BCUT2D eigenvalue weighted by molar-refractivity contribution is 9.10. The zero-order valence-corrected chi connectivity index (χ0v) is 19.6. The van der Waals surface area contributed by atoms with Crippen LogP contribution in [0.1, 0.15) is 54.1 Å². The van der Waals surface area contributed by atoms with Crippen LogP contribution >= 0.6 is 15.9 Å². The standard InChI is InChI=1S/C27H22BrNO3/c1-27(2,3)17-11-9-16(10-12-17)23-22-24(30)20-15-18(28)13-14-21(20)32-25(22)26(31)29(23)19-7-5-4-6-8-19/h4-15,23H,1-3H3. The van der Waals surface area contributed by atoms with Gasteiger partial charge in [-0.25, -0.2) is 0 Å². The molecule has 1 aromatic heterocycles. The Kier molecular flexibility index (Phi) is 4.82. The van der Waals surface area contributed by atoms with Gasteiger partial charge in [0, 0.05) is 10.2 Å². The summed E-state index contributed by atoms with van der Waals surface area (Å²) in [6.45, 7) is 6.47. The third-order valence-corrected chi connectivity index (χ3v) is 6.45. The van der Waals surface area contributed by atoms with E-state index in [1.54, 1.807) is 23.1 Å². The zero-order valence-electron chi connectivity index (χ0n) is 18.1. The number of anilines is 1. The van der Waals surface area contributed by atoms with Gasteiger partial charge < -0.3 is 4.42 Å². The fourth-order valence-corrected chi connectivity index (χ4v) is 4.64. The molecule has 0 N–H and O–H groups in total. The number of fused-ring (bicyclic) bond motifs is 2. The first-order valence-corrected chi connectivity index (χ1v) is 11.3. The van der Waals surface area contributed by atoms with Gasteiger partial charge in [-0.15, -0.1) is 0 Å². The van der Waals surface area contributed by atoms with Gasteiger partial charge >= 0.3 is 0 Å². The van der Waals surface area contributed by atoms with Crippen molar-refractivity contribution in [3.63, 3.8) is 0 Å². The van der Waals surface area contributed by atoms with Gasteiger partial charge in [-0.05, 0) is 46.9 Å². The van der Waals surface area contributed by atoms with Crippen LogP contribution in [0.25, 0.3) is 11.0 Å². The van der Waals surface area contributed by atoms with E-state index in [0.717, 1.165) is 15.7 Å². The zero-order chi connectivity index (χ0) is 22.6. The van der Waals surface area contributed by atoms with Crippen LogP contribution in [0, 0.1) is 0 Å². The predicted octanol–water partition coefficient (Wildman–Crippen LogP) is 6.60. The molecule has 0 spiro atoms. The highest BCUT2D eigenvalue weighted by Crippen LogP contribution is 2.41. The molecule has 3 aromatic carbocycles. The molecule has 0 bridgehead atoms. The predicted molar refractivity (Wildman–Crippen MR) is 130 cm³/mol. The highest BCUT2D eigenvalue weighted by atomic mass is 79.9.